The number of amides is 4. The minimum absolute atomic E-state index is 0.0222. The largest absolute Gasteiger partial charge is 0.367 e. The molecule has 1 N–H and O–H groups in total. The Bertz CT molecular complexity index is 1130. The van der Waals surface area contributed by atoms with E-state index < -0.39 is 34.2 Å². The lowest BCUT2D eigenvalue weighted by Gasteiger charge is -2.53. The topological polar surface area (TPSA) is 113 Å². The molecule has 0 aliphatic carbocycles. The second kappa shape index (κ2) is 7.44. The van der Waals surface area contributed by atoms with E-state index in [4.69, 9.17) is 0 Å². The van der Waals surface area contributed by atoms with Gasteiger partial charge in [0.25, 0.3) is 5.69 Å². The van der Waals surface area contributed by atoms with E-state index in [1.807, 2.05) is 35.2 Å². The van der Waals surface area contributed by atoms with Crippen molar-refractivity contribution in [1.29, 1.82) is 0 Å². The number of non-ortho nitro benzene ring substituents is 1. The summed E-state index contributed by atoms with van der Waals surface area (Å²) in [6.45, 7) is 0.694. The van der Waals surface area contributed by atoms with Crippen LogP contribution in [0.15, 0.2) is 48.5 Å². The first-order valence-electron chi connectivity index (χ1n) is 10.7. The molecule has 3 aliphatic rings. The van der Waals surface area contributed by atoms with Gasteiger partial charge in [0.15, 0.2) is 5.41 Å². The third-order valence-corrected chi connectivity index (χ3v) is 6.81. The number of nitro groups is 1. The van der Waals surface area contributed by atoms with Gasteiger partial charge in [0.2, 0.25) is 11.8 Å². The maximum absolute atomic E-state index is 13.9. The molecule has 3 heterocycles. The Morgan fingerprint density at radius 3 is 2.62 bits per heavy atom. The van der Waals surface area contributed by atoms with E-state index in [0.717, 1.165) is 29.0 Å². The standard InChI is InChI=1S/C23H22N4O5/c28-20-23(21(29)26(22(30)24-20)14-15-6-2-1-3-7-15)13-16-12-17(27(31)32)9-10-18(16)25-11-5-4-8-19(23)25/h1-3,6-7,9-10,12,19H,4-5,8,11,13-14H2,(H,24,28,30)/t19-,23-/m1/s1. The number of benzene rings is 2. The lowest BCUT2D eigenvalue weighted by Crippen LogP contribution is -2.72. The first-order chi connectivity index (χ1) is 15.4. The van der Waals surface area contributed by atoms with Crippen LogP contribution in [0.5, 0.6) is 0 Å². The van der Waals surface area contributed by atoms with Crippen LogP contribution in [-0.4, -0.2) is 40.3 Å². The number of barbiturate groups is 1. The highest BCUT2D eigenvalue weighted by molar-refractivity contribution is 6.20. The number of hydrogen-bond acceptors (Lipinski definition) is 6. The molecule has 2 saturated heterocycles. The van der Waals surface area contributed by atoms with E-state index >= 15 is 0 Å². The third kappa shape index (κ3) is 2.96. The summed E-state index contributed by atoms with van der Waals surface area (Å²) >= 11 is 0. The monoisotopic (exact) mass is 434 g/mol. The van der Waals surface area contributed by atoms with Crippen molar-refractivity contribution >= 4 is 29.2 Å². The van der Waals surface area contributed by atoms with Crippen molar-refractivity contribution in [3.8, 4) is 0 Å². The van der Waals surface area contributed by atoms with Crippen LogP contribution >= 0.6 is 0 Å². The molecule has 2 atom stereocenters. The fourth-order valence-electron chi connectivity index (χ4n) is 5.32. The summed E-state index contributed by atoms with van der Waals surface area (Å²) in [5, 5.41) is 13.8. The van der Waals surface area contributed by atoms with Crippen molar-refractivity contribution in [3.63, 3.8) is 0 Å². The summed E-state index contributed by atoms with van der Waals surface area (Å²) in [6.07, 6.45) is 2.40. The Morgan fingerprint density at radius 2 is 1.88 bits per heavy atom. The molecule has 2 aromatic rings. The minimum atomic E-state index is -1.51. The number of fused-ring (bicyclic) bond motifs is 4. The molecular formula is C23H22N4O5. The molecule has 0 bridgehead atoms. The number of carbonyl (C=O) groups is 3. The molecule has 1 spiro atoms. The fraction of sp³-hybridized carbons (Fsp3) is 0.348. The Balaban J connectivity index is 1.61. The number of urea groups is 1. The van der Waals surface area contributed by atoms with E-state index in [9.17, 15) is 24.5 Å². The summed E-state index contributed by atoms with van der Waals surface area (Å²) < 4.78 is 0. The van der Waals surface area contributed by atoms with Gasteiger partial charge in [-0.1, -0.05) is 30.3 Å². The number of hydrogen-bond donors (Lipinski definition) is 1. The first kappa shape index (κ1) is 20.2. The van der Waals surface area contributed by atoms with Crippen molar-refractivity contribution in [2.24, 2.45) is 5.41 Å². The van der Waals surface area contributed by atoms with Crippen LogP contribution in [0.1, 0.15) is 30.4 Å². The molecule has 2 fully saturated rings. The van der Waals surface area contributed by atoms with Crippen molar-refractivity contribution in [3.05, 3.63) is 69.8 Å². The Hall–Kier alpha value is -3.75. The van der Waals surface area contributed by atoms with Gasteiger partial charge in [-0.25, -0.2) is 4.79 Å². The molecule has 32 heavy (non-hydrogen) atoms. The predicted molar refractivity (Wildman–Crippen MR) is 115 cm³/mol. The summed E-state index contributed by atoms with van der Waals surface area (Å²) in [5.74, 6) is -1.16. The molecule has 164 valence electrons. The van der Waals surface area contributed by atoms with Gasteiger partial charge >= 0.3 is 6.03 Å². The molecule has 9 nitrogen and oxygen atoms in total. The van der Waals surface area contributed by atoms with Crippen molar-refractivity contribution in [1.82, 2.24) is 10.2 Å². The van der Waals surface area contributed by atoms with Gasteiger partial charge in [0, 0.05) is 30.8 Å². The van der Waals surface area contributed by atoms with Crippen LogP contribution < -0.4 is 10.2 Å². The predicted octanol–water partition coefficient (Wildman–Crippen LogP) is 2.77. The molecule has 5 rings (SSSR count). The van der Waals surface area contributed by atoms with Gasteiger partial charge in [0.1, 0.15) is 0 Å². The van der Waals surface area contributed by atoms with Gasteiger partial charge in [0.05, 0.1) is 17.5 Å². The van der Waals surface area contributed by atoms with Gasteiger partial charge in [-0.15, -0.1) is 0 Å². The zero-order valence-corrected chi connectivity index (χ0v) is 17.3. The molecule has 9 heteroatoms. The Kier molecular flexibility index (Phi) is 4.69. The number of imide groups is 2. The van der Waals surface area contributed by atoms with Crippen molar-refractivity contribution < 1.29 is 19.3 Å². The highest BCUT2D eigenvalue weighted by Gasteiger charge is 2.62. The smallest absolute Gasteiger partial charge is 0.331 e. The molecule has 0 radical (unpaired) electrons. The van der Waals surface area contributed by atoms with Crippen LogP contribution in [0, 0.1) is 15.5 Å². The highest BCUT2D eigenvalue weighted by atomic mass is 16.6. The average Bonchev–Trinajstić information content (AvgIpc) is 2.80. The van der Waals surface area contributed by atoms with E-state index in [1.54, 1.807) is 6.07 Å². The molecule has 0 saturated carbocycles. The second-order valence-corrected chi connectivity index (χ2v) is 8.56. The maximum atomic E-state index is 13.9. The number of nitrogens with zero attached hydrogens (tertiary/aromatic N) is 3. The quantitative estimate of drug-likeness (QED) is 0.452. The number of rotatable bonds is 3. The number of carbonyl (C=O) groups excluding carboxylic acids is 3. The summed E-state index contributed by atoms with van der Waals surface area (Å²) in [4.78, 5) is 53.9. The molecular weight excluding hydrogens is 412 g/mol. The first-order valence-corrected chi connectivity index (χ1v) is 10.7. The van der Waals surface area contributed by atoms with Gasteiger partial charge < -0.3 is 4.90 Å². The lowest BCUT2D eigenvalue weighted by atomic mass is 9.66. The fourth-order valence-corrected chi connectivity index (χ4v) is 5.32. The zero-order valence-electron chi connectivity index (χ0n) is 17.3. The van der Waals surface area contributed by atoms with Crippen LogP contribution in [0.3, 0.4) is 0 Å². The number of nitrogens with one attached hydrogen (secondary N) is 1. The van der Waals surface area contributed by atoms with E-state index in [-0.39, 0.29) is 18.7 Å². The van der Waals surface area contributed by atoms with Crippen molar-refractivity contribution in [2.75, 3.05) is 11.4 Å². The van der Waals surface area contributed by atoms with Crippen LogP contribution in [0.25, 0.3) is 0 Å². The molecule has 4 amide bonds. The van der Waals surface area contributed by atoms with Gasteiger partial charge in [-0.2, -0.15) is 0 Å². The number of piperidine rings is 1. The minimum Gasteiger partial charge on any atom is -0.367 e. The van der Waals surface area contributed by atoms with Crippen LogP contribution in [0.2, 0.25) is 0 Å². The van der Waals surface area contributed by atoms with Gasteiger partial charge in [-0.05, 0) is 36.5 Å². The third-order valence-electron chi connectivity index (χ3n) is 6.81. The summed E-state index contributed by atoms with van der Waals surface area (Å²) in [5.41, 5.74) is 0.571. The highest BCUT2D eigenvalue weighted by Crippen LogP contribution is 2.48. The summed E-state index contributed by atoms with van der Waals surface area (Å²) in [7, 11) is 0. The summed E-state index contributed by atoms with van der Waals surface area (Å²) in [6, 6.07) is 12.6. The number of anilines is 1. The zero-order chi connectivity index (χ0) is 22.5. The van der Waals surface area contributed by atoms with Crippen molar-refractivity contribution in [2.45, 2.75) is 38.3 Å². The number of nitro benzene ring substituents is 1. The lowest BCUT2D eigenvalue weighted by molar-refractivity contribution is -0.384. The maximum Gasteiger partial charge on any atom is 0.331 e. The van der Waals surface area contributed by atoms with Crippen LogP contribution in [0.4, 0.5) is 16.2 Å². The van der Waals surface area contributed by atoms with E-state index in [2.05, 4.69) is 5.32 Å². The SMILES string of the molecule is O=C1NC(=O)[C@]2(Cc3cc([N+](=O)[O-])ccc3N3CCCC[C@@H]32)C(=O)N1Cc1ccccc1. The molecule has 3 aliphatic heterocycles. The van der Waals surface area contributed by atoms with Gasteiger partial charge in [-0.3, -0.25) is 29.9 Å². The Morgan fingerprint density at radius 1 is 1.09 bits per heavy atom. The van der Waals surface area contributed by atoms with E-state index in [1.165, 1.54) is 12.1 Å². The van der Waals surface area contributed by atoms with E-state index in [0.29, 0.717) is 18.5 Å². The van der Waals surface area contributed by atoms with Crippen LogP contribution in [-0.2, 0) is 22.6 Å². The molecule has 2 aromatic carbocycles. The Labute approximate surface area is 184 Å². The molecule has 0 unspecified atom stereocenters. The normalized spacial score (nSPS) is 24.8. The average molecular weight is 434 g/mol. The second-order valence-electron chi connectivity index (χ2n) is 8.56. The molecule has 0 aromatic heterocycles.